The van der Waals surface area contributed by atoms with Crippen LogP contribution in [0, 0.1) is 27.7 Å². The summed E-state index contributed by atoms with van der Waals surface area (Å²) in [6.07, 6.45) is 0. The van der Waals surface area contributed by atoms with Gasteiger partial charge in [-0.15, -0.1) is 0 Å². The van der Waals surface area contributed by atoms with Crippen LogP contribution in [0.3, 0.4) is 0 Å². The van der Waals surface area contributed by atoms with Gasteiger partial charge in [-0.3, -0.25) is 10.1 Å². The van der Waals surface area contributed by atoms with Gasteiger partial charge >= 0.3 is 0 Å². The summed E-state index contributed by atoms with van der Waals surface area (Å²) in [6, 6.07) is 10.0. The van der Waals surface area contributed by atoms with Crippen molar-refractivity contribution < 1.29 is 4.79 Å². The van der Waals surface area contributed by atoms with Gasteiger partial charge in [-0.25, -0.2) is 4.98 Å². The number of benzene rings is 2. The number of carbonyl (C=O) groups excluding carboxylic acids is 1. The second-order valence-corrected chi connectivity index (χ2v) is 6.75. The van der Waals surface area contributed by atoms with Crippen LogP contribution in [0.4, 0.5) is 5.13 Å². The van der Waals surface area contributed by atoms with E-state index in [9.17, 15) is 4.79 Å². The van der Waals surface area contributed by atoms with Gasteiger partial charge < -0.3 is 0 Å². The smallest absolute Gasteiger partial charge is 0.257 e. The first-order valence-corrected chi connectivity index (χ1v) is 8.02. The Morgan fingerprint density at radius 2 is 1.73 bits per heavy atom. The van der Waals surface area contributed by atoms with Crippen molar-refractivity contribution >= 4 is 32.6 Å². The quantitative estimate of drug-likeness (QED) is 0.740. The molecule has 22 heavy (non-hydrogen) atoms. The summed E-state index contributed by atoms with van der Waals surface area (Å²) in [4.78, 5) is 17.0. The lowest BCUT2D eigenvalue weighted by molar-refractivity contribution is 0.102. The average Bonchev–Trinajstić information content (AvgIpc) is 2.81. The van der Waals surface area contributed by atoms with E-state index >= 15 is 0 Å². The number of rotatable bonds is 2. The Labute approximate surface area is 134 Å². The highest BCUT2D eigenvalue weighted by atomic mass is 32.1. The molecule has 1 heterocycles. The Morgan fingerprint density at radius 1 is 1.00 bits per heavy atom. The molecule has 4 heteroatoms. The van der Waals surface area contributed by atoms with E-state index in [-0.39, 0.29) is 5.91 Å². The van der Waals surface area contributed by atoms with Gasteiger partial charge in [-0.1, -0.05) is 35.1 Å². The first kappa shape index (κ1) is 14.7. The number of thiazole rings is 1. The van der Waals surface area contributed by atoms with E-state index in [0.29, 0.717) is 10.7 Å². The summed E-state index contributed by atoms with van der Waals surface area (Å²) in [5.41, 5.74) is 6.13. The molecule has 1 amide bonds. The van der Waals surface area contributed by atoms with Crippen LogP contribution in [0.15, 0.2) is 30.3 Å². The van der Waals surface area contributed by atoms with Crippen LogP contribution in [-0.4, -0.2) is 10.9 Å². The van der Waals surface area contributed by atoms with Crippen molar-refractivity contribution in [1.29, 1.82) is 0 Å². The van der Waals surface area contributed by atoms with Crippen molar-refractivity contribution in [3.63, 3.8) is 0 Å². The van der Waals surface area contributed by atoms with Gasteiger partial charge in [0.25, 0.3) is 5.91 Å². The summed E-state index contributed by atoms with van der Waals surface area (Å²) in [6.45, 7) is 8.09. The lowest BCUT2D eigenvalue weighted by Crippen LogP contribution is -2.13. The second-order valence-electron chi connectivity index (χ2n) is 5.72. The maximum atomic E-state index is 12.4. The minimum absolute atomic E-state index is 0.106. The van der Waals surface area contributed by atoms with Gasteiger partial charge in [0.05, 0.1) is 10.2 Å². The van der Waals surface area contributed by atoms with E-state index in [1.807, 2.05) is 39.0 Å². The Morgan fingerprint density at radius 3 is 2.45 bits per heavy atom. The molecule has 2 aromatic carbocycles. The largest absolute Gasteiger partial charge is 0.298 e. The molecule has 0 spiro atoms. The molecule has 0 saturated carbocycles. The van der Waals surface area contributed by atoms with Crippen LogP contribution >= 0.6 is 11.3 Å². The van der Waals surface area contributed by atoms with Gasteiger partial charge in [0.15, 0.2) is 5.13 Å². The fourth-order valence-corrected chi connectivity index (χ4v) is 3.69. The zero-order valence-electron chi connectivity index (χ0n) is 13.2. The van der Waals surface area contributed by atoms with Gasteiger partial charge in [-0.05, 0) is 56.5 Å². The molecule has 3 nitrogen and oxygen atoms in total. The topological polar surface area (TPSA) is 42.0 Å². The lowest BCUT2D eigenvalue weighted by Gasteiger charge is -2.06. The van der Waals surface area contributed by atoms with Gasteiger partial charge in [0.1, 0.15) is 0 Å². The van der Waals surface area contributed by atoms with E-state index in [0.717, 1.165) is 26.9 Å². The number of hydrogen-bond acceptors (Lipinski definition) is 3. The number of nitrogens with one attached hydrogen (secondary N) is 1. The zero-order valence-corrected chi connectivity index (χ0v) is 14.0. The Balaban J connectivity index is 1.92. The standard InChI is InChI=1S/C18H18N2OS/c1-10-5-6-14(12(3)7-10)17(21)20-18-19-16-13(4)8-11(2)9-15(16)22-18/h5-9H,1-4H3,(H,19,20,21). The molecule has 112 valence electrons. The number of fused-ring (bicyclic) bond motifs is 1. The molecule has 0 bridgehead atoms. The van der Waals surface area contributed by atoms with E-state index in [2.05, 4.69) is 29.4 Å². The minimum atomic E-state index is -0.106. The van der Waals surface area contributed by atoms with E-state index in [1.54, 1.807) is 0 Å². The molecular formula is C18H18N2OS. The predicted molar refractivity (Wildman–Crippen MR) is 93.0 cm³/mol. The van der Waals surface area contributed by atoms with Gasteiger partial charge in [-0.2, -0.15) is 0 Å². The van der Waals surface area contributed by atoms with E-state index in [4.69, 9.17) is 0 Å². The summed E-state index contributed by atoms with van der Waals surface area (Å²) in [7, 11) is 0. The van der Waals surface area contributed by atoms with Crippen molar-refractivity contribution in [2.24, 2.45) is 0 Å². The molecule has 0 saturated heterocycles. The average molecular weight is 310 g/mol. The van der Waals surface area contributed by atoms with Crippen LogP contribution in [0.2, 0.25) is 0 Å². The van der Waals surface area contributed by atoms with Crippen molar-refractivity contribution in [2.45, 2.75) is 27.7 Å². The molecule has 3 rings (SSSR count). The summed E-state index contributed by atoms with van der Waals surface area (Å²) in [5, 5.41) is 3.57. The van der Waals surface area contributed by atoms with Gasteiger partial charge in [0.2, 0.25) is 0 Å². The molecule has 0 aliphatic rings. The Kier molecular flexibility index (Phi) is 3.71. The van der Waals surface area contributed by atoms with E-state index < -0.39 is 0 Å². The highest BCUT2D eigenvalue weighted by Crippen LogP contribution is 2.29. The van der Waals surface area contributed by atoms with Crippen molar-refractivity contribution in [3.8, 4) is 0 Å². The van der Waals surface area contributed by atoms with Crippen molar-refractivity contribution in [2.75, 3.05) is 5.32 Å². The minimum Gasteiger partial charge on any atom is -0.298 e. The molecule has 0 fully saturated rings. The number of aryl methyl sites for hydroxylation is 4. The van der Waals surface area contributed by atoms with Crippen molar-refractivity contribution in [3.05, 3.63) is 58.1 Å². The number of carbonyl (C=O) groups is 1. The molecule has 0 unspecified atom stereocenters. The van der Waals surface area contributed by atoms with Crippen LogP contribution < -0.4 is 5.32 Å². The molecule has 1 N–H and O–H groups in total. The Bertz CT molecular complexity index is 880. The first-order valence-electron chi connectivity index (χ1n) is 7.20. The van der Waals surface area contributed by atoms with Crippen LogP contribution in [0.25, 0.3) is 10.2 Å². The number of nitrogens with zero attached hydrogens (tertiary/aromatic N) is 1. The van der Waals surface area contributed by atoms with Gasteiger partial charge in [0, 0.05) is 5.56 Å². The fraction of sp³-hybridized carbons (Fsp3) is 0.222. The normalized spacial score (nSPS) is 10.9. The third kappa shape index (κ3) is 2.74. The monoisotopic (exact) mass is 310 g/mol. The fourth-order valence-electron chi connectivity index (χ4n) is 2.66. The van der Waals surface area contributed by atoms with Crippen molar-refractivity contribution in [1.82, 2.24) is 4.98 Å². The third-order valence-corrected chi connectivity index (χ3v) is 4.59. The number of amides is 1. The maximum Gasteiger partial charge on any atom is 0.257 e. The Hall–Kier alpha value is -2.20. The molecule has 0 aliphatic heterocycles. The zero-order chi connectivity index (χ0) is 15.9. The van der Waals surface area contributed by atoms with E-state index in [1.165, 1.54) is 16.9 Å². The highest BCUT2D eigenvalue weighted by molar-refractivity contribution is 7.22. The summed E-state index contributed by atoms with van der Waals surface area (Å²) in [5.74, 6) is -0.106. The second kappa shape index (κ2) is 5.54. The van der Waals surface area contributed by atoms with Crippen LogP contribution in [-0.2, 0) is 0 Å². The molecule has 0 aliphatic carbocycles. The molecule has 0 radical (unpaired) electrons. The molecule has 1 aromatic heterocycles. The predicted octanol–water partition coefficient (Wildman–Crippen LogP) is 4.78. The highest BCUT2D eigenvalue weighted by Gasteiger charge is 2.13. The number of aromatic nitrogens is 1. The number of hydrogen-bond donors (Lipinski definition) is 1. The van der Waals surface area contributed by atoms with Crippen LogP contribution in [0.5, 0.6) is 0 Å². The summed E-state index contributed by atoms with van der Waals surface area (Å²) >= 11 is 1.51. The summed E-state index contributed by atoms with van der Waals surface area (Å²) < 4.78 is 1.11. The SMILES string of the molecule is Cc1ccc(C(=O)Nc2nc3c(C)cc(C)cc3s2)c(C)c1. The molecule has 3 aromatic rings. The number of anilines is 1. The molecular weight excluding hydrogens is 292 g/mol. The third-order valence-electron chi connectivity index (χ3n) is 3.68. The molecule has 0 atom stereocenters. The van der Waals surface area contributed by atoms with Crippen LogP contribution in [0.1, 0.15) is 32.6 Å². The lowest BCUT2D eigenvalue weighted by atomic mass is 10.1. The maximum absolute atomic E-state index is 12.4. The first-order chi connectivity index (χ1) is 10.4.